The smallest absolute Gasteiger partial charge is 0.0541 e. The molecular formula is C42H27NS. The third-order valence-corrected chi connectivity index (χ3v) is 9.98. The summed E-state index contributed by atoms with van der Waals surface area (Å²) in [4.78, 5) is 0. The number of hydrogen-bond donors (Lipinski definition) is 0. The average molecular weight is 578 g/mol. The van der Waals surface area contributed by atoms with E-state index in [1.165, 1.54) is 81.0 Å². The monoisotopic (exact) mass is 577 g/mol. The predicted octanol–water partition coefficient (Wildman–Crippen LogP) is 12.2. The van der Waals surface area contributed by atoms with E-state index in [-0.39, 0.29) is 0 Å². The second kappa shape index (κ2) is 10.1. The number of rotatable bonds is 4. The van der Waals surface area contributed by atoms with Gasteiger partial charge in [-0.3, -0.25) is 0 Å². The van der Waals surface area contributed by atoms with Crippen molar-refractivity contribution in [2.24, 2.45) is 0 Å². The molecule has 2 heterocycles. The molecule has 44 heavy (non-hydrogen) atoms. The van der Waals surface area contributed by atoms with Crippen LogP contribution in [-0.4, -0.2) is 4.57 Å². The lowest BCUT2D eigenvalue weighted by Crippen LogP contribution is -1.93. The lowest BCUT2D eigenvalue weighted by Gasteiger charge is -2.11. The van der Waals surface area contributed by atoms with E-state index in [0.29, 0.717) is 0 Å². The summed E-state index contributed by atoms with van der Waals surface area (Å²) < 4.78 is 5.05. The molecule has 0 bridgehead atoms. The van der Waals surface area contributed by atoms with E-state index < -0.39 is 0 Å². The van der Waals surface area contributed by atoms with E-state index in [0.717, 1.165) is 0 Å². The minimum Gasteiger partial charge on any atom is -0.309 e. The van der Waals surface area contributed by atoms with Crippen molar-refractivity contribution in [3.8, 4) is 39.1 Å². The van der Waals surface area contributed by atoms with Crippen molar-refractivity contribution >= 4 is 53.3 Å². The van der Waals surface area contributed by atoms with Crippen molar-refractivity contribution in [1.82, 2.24) is 4.57 Å². The minimum absolute atomic E-state index is 1.17. The third kappa shape index (κ3) is 4.07. The third-order valence-electron chi connectivity index (χ3n) is 8.83. The second-order valence-corrected chi connectivity index (χ2v) is 12.5. The number of thiophene rings is 1. The van der Waals surface area contributed by atoms with Crippen molar-refractivity contribution in [2.75, 3.05) is 0 Å². The molecule has 2 aromatic heterocycles. The Kier molecular flexibility index (Phi) is 5.75. The topological polar surface area (TPSA) is 4.93 Å². The van der Waals surface area contributed by atoms with E-state index in [2.05, 4.69) is 168 Å². The summed E-state index contributed by atoms with van der Waals surface area (Å²) >= 11 is 1.86. The Bertz CT molecular complexity index is 2420. The van der Waals surface area contributed by atoms with Crippen LogP contribution in [0.3, 0.4) is 0 Å². The molecule has 0 aliphatic rings. The number of nitrogens with zero attached hydrogens (tertiary/aromatic N) is 1. The standard InChI is InChI=1S/C42H27NS/c1-4-13-39-35(10-1)36-11-2-5-14-40(36)43(39)34-23-20-30(21-24-34)32-9-7-8-31(26-32)28-16-18-29(19-17-28)33-22-25-42-38(27-33)37-12-3-6-15-41(37)44-42/h1-27H. The highest BCUT2D eigenvalue weighted by atomic mass is 32.1. The van der Waals surface area contributed by atoms with Crippen LogP contribution < -0.4 is 0 Å². The Hall–Kier alpha value is -5.44. The normalized spacial score (nSPS) is 11.6. The molecule has 206 valence electrons. The predicted molar refractivity (Wildman–Crippen MR) is 190 cm³/mol. The zero-order valence-electron chi connectivity index (χ0n) is 23.9. The summed E-state index contributed by atoms with van der Waals surface area (Å²) in [6, 6.07) is 59.7. The Morgan fingerprint density at radius 2 is 0.795 bits per heavy atom. The van der Waals surface area contributed by atoms with Crippen LogP contribution in [0.4, 0.5) is 0 Å². The maximum absolute atomic E-state index is 2.37. The highest BCUT2D eigenvalue weighted by Crippen LogP contribution is 2.37. The van der Waals surface area contributed by atoms with Crippen LogP contribution in [0.2, 0.25) is 0 Å². The van der Waals surface area contributed by atoms with Crippen molar-refractivity contribution in [1.29, 1.82) is 0 Å². The van der Waals surface area contributed by atoms with Crippen LogP contribution in [0.5, 0.6) is 0 Å². The van der Waals surface area contributed by atoms with Gasteiger partial charge in [0.15, 0.2) is 0 Å². The fourth-order valence-electron chi connectivity index (χ4n) is 6.64. The zero-order valence-corrected chi connectivity index (χ0v) is 24.8. The Morgan fingerprint density at radius 1 is 0.318 bits per heavy atom. The second-order valence-electron chi connectivity index (χ2n) is 11.4. The molecule has 2 heteroatoms. The fraction of sp³-hybridized carbons (Fsp3) is 0. The molecule has 9 rings (SSSR count). The van der Waals surface area contributed by atoms with Gasteiger partial charge < -0.3 is 4.57 Å². The zero-order chi connectivity index (χ0) is 29.0. The number of benzene rings is 7. The summed E-state index contributed by atoms with van der Waals surface area (Å²) in [5.41, 5.74) is 11.0. The van der Waals surface area contributed by atoms with Gasteiger partial charge in [0.1, 0.15) is 0 Å². The molecule has 0 saturated heterocycles. The molecule has 0 aliphatic carbocycles. The molecule has 9 aromatic rings. The van der Waals surface area contributed by atoms with Gasteiger partial charge >= 0.3 is 0 Å². The highest BCUT2D eigenvalue weighted by molar-refractivity contribution is 7.25. The molecule has 0 aliphatic heterocycles. The van der Waals surface area contributed by atoms with E-state index in [1.54, 1.807) is 0 Å². The lowest BCUT2D eigenvalue weighted by molar-refractivity contribution is 1.18. The molecule has 0 N–H and O–H groups in total. The summed E-state index contributed by atoms with van der Waals surface area (Å²) in [5, 5.41) is 5.24. The summed E-state index contributed by atoms with van der Waals surface area (Å²) in [6.45, 7) is 0. The molecule has 0 radical (unpaired) electrons. The van der Waals surface area contributed by atoms with Gasteiger partial charge in [0.2, 0.25) is 0 Å². The Morgan fingerprint density at radius 3 is 1.43 bits per heavy atom. The van der Waals surface area contributed by atoms with Gasteiger partial charge in [0.05, 0.1) is 11.0 Å². The first kappa shape index (κ1) is 25.1. The number of hydrogen-bond acceptors (Lipinski definition) is 1. The maximum Gasteiger partial charge on any atom is 0.0541 e. The van der Waals surface area contributed by atoms with E-state index in [1.807, 2.05) is 11.3 Å². The molecule has 0 spiro atoms. The molecule has 7 aromatic carbocycles. The Balaban J connectivity index is 1.03. The van der Waals surface area contributed by atoms with E-state index in [4.69, 9.17) is 0 Å². The van der Waals surface area contributed by atoms with Crippen LogP contribution in [0.25, 0.3) is 81.0 Å². The van der Waals surface area contributed by atoms with Gasteiger partial charge in [-0.05, 0) is 81.9 Å². The lowest BCUT2D eigenvalue weighted by atomic mass is 9.96. The van der Waals surface area contributed by atoms with Gasteiger partial charge in [-0.2, -0.15) is 0 Å². The first-order chi connectivity index (χ1) is 21.8. The Labute approximate surface area is 259 Å². The van der Waals surface area contributed by atoms with Crippen LogP contribution in [0.15, 0.2) is 164 Å². The van der Waals surface area contributed by atoms with Crippen LogP contribution in [-0.2, 0) is 0 Å². The maximum atomic E-state index is 2.37. The van der Waals surface area contributed by atoms with Crippen LogP contribution >= 0.6 is 11.3 Å². The molecule has 0 saturated carbocycles. The van der Waals surface area contributed by atoms with Crippen LogP contribution in [0, 0.1) is 0 Å². The first-order valence-corrected chi connectivity index (χ1v) is 15.8. The largest absolute Gasteiger partial charge is 0.309 e. The van der Waals surface area contributed by atoms with Gasteiger partial charge in [-0.25, -0.2) is 0 Å². The molecule has 1 nitrogen and oxygen atoms in total. The fourth-order valence-corrected chi connectivity index (χ4v) is 7.73. The van der Waals surface area contributed by atoms with Crippen molar-refractivity contribution in [3.63, 3.8) is 0 Å². The molecule has 0 amide bonds. The van der Waals surface area contributed by atoms with Gasteiger partial charge in [0.25, 0.3) is 0 Å². The molecule has 0 fully saturated rings. The molecule has 0 unspecified atom stereocenters. The SMILES string of the molecule is c1cc(-c2ccc(-c3ccc4sc5ccccc5c4c3)cc2)cc(-c2ccc(-n3c4ccccc4c4ccccc43)cc2)c1. The van der Waals surface area contributed by atoms with Crippen molar-refractivity contribution in [2.45, 2.75) is 0 Å². The number of fused-ring (bicyclic) bond motifs is 6. The van der Waals surface area contributed by atoms with E-state index in [9.17, 15) is 0 Å². The first-order valence-electron chi connectivity index (χ1n) is 15.0. The highest BCUT2D eigenvalue weighted by Gasteiger charge is 2.12. The van der Waals surface area contributed by atoms with Crippen LogP contribution in [0.1, 0.15) is 0 Å². The van der Waals surface area contributed by atoms with Crippen molar-refractivity contribution < 1.29 is 0 Å². The number of para-hydroxylation sites is 2. The molecular weight excluding hydrogens is 551 g/mol. The van der Waals surface area contributed by atoms with E-state index >= 15 is 0 Å². The van der Waals surface area contributed by atoms with Gasteiger partial charge in [0, 0.05) is 36.6 Å². The van der Waals surface area contributed by atoms with Crippen molar-refractivity contribution in [3.05, 3.63) is 164 Å². The van der Waals surface area contributed by atoms with Gasteiger partial charge in [-0.1, -0.05) is 115 Å². The molecule has 0 atom stereocenters. The minimum atomic E-state index is 1.17. The average Bonchev–Trinajstić information content (AvgIpc) is 3.64. The summed E-state index contributed by atoms with van der Waals surface area (Å²) in [7, 11) is 0. The van der Waals surface area contributed by atoms with Gasteiger partial charge in [-0.15, -0.1) is 11.3 Å². The summed E-state index contributed by atoms with van der Waals surface area (Å²) in [5.74, 6) is 0. The quantitative estimate of drug-likeness (QED) is 0.196. The summed E-state index contributed by atoms with van der Waals surface area (Å²) in [6.07, 6.45) is 0. The number of aromatic nitrogens is 1.